The lowest BCUT2D eigenvalue weighted by molar-refractivity contribution is 0.0530. The van der Waals surface area contributed by atoms with E-state index in [9.17, 15) is 18.3 Å². The number of benzene rings is 2. The van der Waals surface area contributed by atoms with Crippen molar-refractivity contribution in [2.24, 2.45) is 5.41 Å². The van der Waals surface area contributed by atoms with E-state index >= 15 is 0 Å². The van der Waals surface area contributed by atoms with E-state index in [2.05, 4.69) is 33.0 Å². The second-order valence-electron chi connectivity index (χ2n) is 11.3. The number of piperidine rings is 1. The molecule has 1 amide bonds. The SMILES string of the molecule is CSc1ccc(NC(=O)c2ccc(NS(=O)(=O)[C@@H](C)CO)cc2N2CCC3(CC2)CC3)cc1N1CCO[C@H](C)C1. The van der Waals surface area contributed by atoms with Gasteiger partial charge in [-0.25, -0.2) is 8.42 Å². The standard InChI is InChI=1S/C29H40N4O5S2/c1-20-18-33(14-15-38-20)26-16-22(5-7-27(26)39-3)30-28(35)24-6-4-23(31-40(36,37)21(2)19-34)17-25(24)32-12-10-29(8-9-29)11-13-32/h4-7,16-17,20-21,31,34H,8-15,18-19H2,1-3H3,(H,30,35)/t20-,21+/m1/s1. The number of hydrogen-bond donors (Lipinski definition) is 3. The van der Waals surface area contributed by atoms with Crippen molar-refractivity contribution in [2.75, 3.05) is 65.5 Å². The van der Waals surface area contributed by atoms with Crippen molar-refractivity contribution in [2.45, 2.75) is 55.8 Å². The van der Waals surface area contributed by atoms with Gasteiger partial charge in [-0.05, 0) is 87.6 Å². The molecule has 3 fully saturated rings. The van der Waals surface area contributed by atoms with Crippen molar-refractivity contribution in [1.29, 1.82) is 0 Å². The highest BCUT2D eigenvalue weighted by Crippen LogP contribution is 2.54. The zero-order valence-electron chi connectivity index (χ0n) is 23.5. The molecule has 1 spiro atoms. The number of amides is 1. The van der Waals surface area contributed by atoms with Crippen LogP contribution in [0.5, 0.6) is 0 Å². The summed E-state index contributed by atoms with van der Waals surface area (Å²) in [6, 6.07) is 11.0. The Kier molecular flexibility index (Phi) is 8.56. The van der Waals surface area contributed by atoms with Crippen LogP contribution in [-0.4, -0.2) is 76.4 Å². The number of nitrogens with one attached hydrogen (secondary N) is 2. The molecule has 1 aliphatic carbocycles. The van der Waals surface area contributed by atoms with Crippen LogP contribution in [0.3, 0.4) is 0 Å². The minimum atomic E-state index is -3.76. The highest BCUT2D eigenvalue weighted by atomic mass is 32.2. The third-order valence-electron chi connectivity index (χ3n) is 8.43. The molecule has 3 N–H and O–H groups in total. The van der Waals surface area contributed by atoms with Gasteiger partial charge in [0.2, 0.25) is 10.0 Å². The maximum absolute atomic E-state index is 13.7. The van der Waals surface area contributed by atoms with Crippen molar-refractivity contribution in [3.05, 3.63) is 42.0 Å². The number of carbonyl (C=O) groups excluding carboxylic acids is 1. The molecule has 218 valence electrons. The molecule has 2 aromatic rings. The van der Waals surface area contributed by atoms with Gasteiger partial charge in [-0.1, -0.05) is 0 Å². The van der Waals surface area contributed by atoms with Crippen LogP contribution in [0.4, 0.5) is 22.7 Å². The van der Waals surface area contributed by atoms with E-state index < -0.39 is 21.9 Å². The quantitative estimate of drug-likeness (QED) is 0.370. The number of hydrogen-bond acceptors (Lipinski definition) is 8. The average Bonchev–Trinajstić information content (AvgIpc) is 3.71. The number of ether oxygens (including phenoxy) is 1. The summed E-state index contributed by atoms with van der Waals surface area (Å²) in [7, 11) is -3.76. The molecule has 0 aromatic heterocycles. The monoisotopic (exact) mass is 588 g/mol. The molecular weight excluding hydrogens is 548 g/mol. The number of rotatable bonds is 9. The molecule has 2 heterocycles. The molecule has 2 atom stereocenters. The Morgan fingerprint density at radius 1 is 1.07 bits per heavy atom. The molecule has 0 radical (unpaired) electrons. The summed E-state index contributed by atoms with van der Waals surface area (Å²) in [5.74, 6) is -0.238. The Morgan fingerprint density at radius 2 is 1.77 bits per heavy atom. The molecule has 9 nitrogen and oxygen atoms in total. The second kappa shape index (κ2) is 11.8. The number of morpholine rings is 1. The lowest BCUT2D eigenvalue weighted by Crippen LogP contribution is -2.41. The molecule has 2 aliphatic heterocycles. The molecule has 0 unspecified atom stereocenters. The summed E-state index contributed by atoms with van der Waals surface area (Å²) in [4.78, 5) is 19.4. The van der Waals surface area contributed by atoms with Crippen LogP contribution in [0.2, 0.25) is 0 Å². The van der Waals surface area contributed by atoms with Gasteiger partial charge in [0, 0.05) is 36.8 Å². The minimum absolute atomic E-state index is 0.139. The van der Waals surface area contributed by atoms with Gasteiger partial charge >= 0.3 is 0 Å². The number of aliphatic hydroxyl groups is 1. The van der Waals surface area contributed by atoms with Crippen molar-refractivity contribution in [1.82, 2.24) is 0 Å². The van der Waals surface area contributed by atoms with E-state index in [0.29, 0.717) is 34.6 Å². The van der Waals surface area contributed by atoms with E-state index in [4.69, 9.17) is 4.74 Å². The van der Waals surface area contributed by atoms with Gasteiger partial charge in [0.15, 0.2) is 0 Å². The van der Waals surface area contributed by atoms with Crippen LogP contribution in [0, 0.1) is 5.41 Å². The number of thioether (sulfide) groups is 1. The van der Waals surface area contributed by atoms with Crippen molar-refractivity contribution < 1.29 is 23.1 Å². The van der Waals surface area contributed by atoms with Crippen molar-refractivity contribution in [3.63, 3.8) is 0 Å². The predicted octanol–water partition coefficient (Wildman–Crippen LogP) is 4.39. The fraction of sp³-hybridized carbons (Fsp3) is 0.552. The largest absolute Gasteiger partial charge is 0.395 e. The highest BCUT2D eigenvalue weighted by Gasteiger charge is 2.44. The molecule has 1 saturated carbocycles. The lowest BCUT2D eigenvalue weighted by Gasteiger charge is -2.35. The Hall–Kier alpha value is -2.47. The van der Waals surface area contributed by atoms with Crippen LogP contribution >= 0.6 is 11.8 Å². The molecule has 0 bridgehead atoms. The number of nitrogens with zero attached hydrogens (tertiary/aromatic N) is 2. The highest BCUT2D eigenvalue weighted by molar-refractivity contribution is 7.98. The van der Waals surface area contributed by atoms with Gasteiger partial charge in [-0.15, -0.1) is 11.8 Å². The van der Waals surface area contributed by atoms with Crippen LogP contribution < -0.4 is 19.8 Å². The first-order valence-corrected chi connectivity index (χ1v) is 16.8. The Morgan fingerprint density at radius 3 is 2.42 bits per heavy atom. The van der Waals surface area contributed by atoms with E-state index in [0.717, 1.165) is 49.6 Å². The molecule has 5 rings (SSSR count). The first kappa shape index (κ1) is 29.0. The van der Waals surface area contributed by atoms with Gasteiger partial charge < -0.3 is 25.0 Å². The van der Waals surface area contributed by atoms with Crippen LogP contribution in [0.15, 0.2) is 41.3 Å². The maximum atomic E-state index is 13.7. The van der Waals surface area contributed by atoms with E-state index in [1.165, 1.54) is 19.8 Å². The smallest absolute Gasteiger partial charge is 0.257 e. The fourth-order valence-corrected chi connectivity index (χ4v) is 7.02. The predicted molar refractivity (Wildman–Crippen MR) is 162 cm³/mol. The van der Waals surface area contributed by atoms with Crippen LogP contribution in [0.25, 0.3) is 0 Å². The van der Waals surface area contributed by atoms with Gasteiger partial charge in [-0.2, -0.15) is 0 Å². The molecule has 2 saturated heterocycles. The summed E-state index contributed by atoms with van der Waals surface area (Å²) in [5, 5.41) is 11.5. The summed E-state index contributed by atoms with van der Waals surface area (Å²) in [6.45, 7) is 6.95. The molecular formula is C29H40N4O5S2. The first-order valence-electron chi connectivity index (χ1n) is 14.0. The van der Waals surface area contributed by atoms with Crippen molar-refractivity contribution >= 4 is 50.4 Å². The fourth-order valence-electron chi connectivity index (χ4n) is 5.56. The molecule has 2 aromatic carbocycles. The van der Waals surface area contributed by atoms with Gasteiger partial charge in [0.25, 0.3) is 5.91 Å². The summed E-state index contributed by atoms with van der Waals surface area (Å²) >= 11 is 1.68. The second-order valence-corrected chi connectivity index (χ2v) is 14.3. The maximum Gasteiger partial charge on any atom is 0.257 e. The number of aliphatic hydroxyl groups excluding tert-OH is 1. The van der Waals surface area contributed by atoms with Crippen LogP contribution in [-0.2, 0) is 14.8 Å². The number of carbonyl (C=O) groups is 1. The number of anilines is 4. The van der Waals surface area contributed by atoms with Gasteiger partial charge in [-0.3, -0.25) is 9.52 Å². The topological polar surface area (TPSA) is 111 Å². The first-order chi connectivity index (χ1) is 19.1. The zero-order valence-corrected chi connectivity index (χ0v) is 25.1. The van der Waals surface area contributed by atoms with E-state index in [-0.39, 0.29) is 12.0 Å². The third-order valence-corrected chi connectivity index (χ3v) is 10.9. The average molecular weight is 589 g/mol. The van der Waals surface area contributed by atoms with Gasteiger partial charge in [0.1, 0.15) is 5.25 Å². The molecule has 3 aliphatic rings. The summed E-state index contributed by atoms with van der Waals surface area (Å²) in [5.41, 5.74) is 3.84. The van der Waals surface area contributed by atoms with Crippen LogP contribution in [0.1, 0.15) is 49.9 Å². The summed E-state index contributed by atoms with van der Waals surface area (Å²) in [6.07, 6.45) is 6.87. The number of sulfonamides is 1. The Balaban J connectivity index is 1.42. The third kappa shape index (κ3) is 6.37. The zero-order chi connectivity index (χ0) is 28.5. The molecule has 40 heavy (non-hydrogen) atoms. The minimum Gasteiger partial charge on any atom is -0.395 e. The van der Waals surface area contributed by atoms with E-state index in [1.54, 1.807) is 30.0 Å². The summed E-state index contributed by atoms with van der Waals surface area (Å²) < 4.78 is 33.6. The van der Waals surface area contributed by atoms with Gasteiger partial charge in [0.05, 0.1) is 41.9 Å². The normalized spacial score (nSPS) is 21.2. The van der Waals surface area contributed by atoms with E-state index in [1.807, 2.05) is 18.2 Å². The Labute approximate surface area is 241 Å². The molecule has 11 heteroatoms. The van der Waals surface area contributed by atoms with Crippen molar-refractivity contribution in [3.8, 4) is 0 Å². The lowest BCUT2D eigenvalue weighted by atomic mass is 9.93. The Bertz CT molecular complexity index is 1340.